The van der Waals surface area contributed by atoms with E-state index in [0.717, 1.165) is 21.5 Å². The molecule has 0 saturated heterocycles. The molecule has 2 aromatic heterocycles. The molecule has 0 bridgehead atoms. The fourth-order valence-electron chi connectivity index (χ4n) is 11.1. The Balaban J connectivity index is 1.20. The van der Waals surface area contributed by atoms with Crippen LogP contribution < -0.4 is 0 Å². The number of benzene rings is 10. The van der Waals surface area contributed by atoms with Crippen LogP contribution in [0.25, 0.3) is 111 Å². The van der Waals surface area contributed by atoms with Crippen molar-refractivity contribution >= 4 is 43.6 Å². The lowest BCUT2D eigenvalue weighted by atomic mass is 9.95. The summed E-state index contributed by atoms with van der Waals surface area (Å²) in [5.74, 6) is 0. The van der Waals surface area contributed by atoms with Crippen LogP contribution >= 0.6 is 0 Å². The van der Waals surface area contributed by atoms with Crippen molar-refractivity contribution < 1.29 is 0 Å². The molecule has 12 rings (SSSR count). The van der Waals surface area contributed by atoms with E-state index in [9.17, 15) is 52.6 Å². The van der Waals surface area contributed by atoms with Gasteiger partial charge in [0.05, 0.1) is 138 Å². The van der Waals surface area contributed by atoms with E-state index in [4.69, 9.17) is 0 Å². The summed E-state index contributed by atoms with van der Waals surface area (Å²) in [6, 6.07) is 76.3. The Labute approximate surface area is 468 Å². The predicted molar refractivity (Wildman–Crippen MR) is 309 cm³/mol. The quantitative estimate of drug-likeness (QED) is 0.146. The van der Waals surface area contributed by atoms with Crippen LogP contribution in [0.5, 0.6) is 0 Å². The van der Waals surface area contributed by atoms with Crippen molar-refractivity contribution in [3.05, 3.63) is 238 Å². The van der Waals surface area contributed by atoms with E-state index in [0.29, 0.717) is 139 Å². The number of hydrogen-bond acceptors (Lipinski definition) is 10. The fourth-order valence-corrected chi connectivity index (χ4v) is 11.1. The molecule has 0 atom stereocenters. The first-order valence-electron chi connectivity index (χ1n) is 25.2. The van der Waals surface area contributed by atoms with E-state index >= 15 is 0 Å². The molecule has 12 heteroatoms. The first-order valence-corrected chi connectivity index (χ1v) is 25.2. The summed E-state index contributed by atoms with van der Waals surface area (Å²) in [4.78, 5) is 0. The molecule has 0 amide bonds. The highest BCUT2D eigenvalue weighted by Gasteiger charge is 2.25. The maximum Gasteiger partial charge on any atom is 0.104 e. The Morgan fingerprint density at radius 2 is 0.524 bits per heavy atom. The van der Waals surface area contributed by atoms with Crippen molar-refractivity contribution in [2.75, 3.05) is 0 Å². The number of nitrogens with zero attached hydrogens (tertiary/aromatic N) is 12. The average molecular weight is 1040 g/mol. The third kappa shape index (κ3) is 8.00. The van der Waals surface area contributed by atoms with Crippen molar-refractivity contribution in [3.63, 3.8) is 0 Å². The van der Waals surface area contributed by atoms with Gasteiger partial charge in [-0.25, -0.2) is 0 Å². The van der Waals surface area contributed by atoms with Gasteiger partial charge in [-0.15, -0.1) is 0 Å². The van der Waals surface area contributed by atoms with Crippen LogP contribution in [0.15, 0.2) is 182 Å². The number of rotatable bonds is 7. The zero-order chi connectivity index (χ0) is 56.8. The van der Waals surface area contributed by atoms with Crippen LogP contribution in [0.1, 0.15) is 55.6 Å². The minimum absolute atomic E-state index is 0.243. The molecule has 2 heterocycles. The van der Waals surface area contributed by atoms with Gasteiger partial charge in [-0.05, 0) is 171 Å². The van der Waals surface area contributed by atoms with Crippen molar-refractivity contribution in [2.45, 2.75) is 0 Å². The zero-order valence-corrected chi connectivity index (χ0v) is 42.7. The molecule has 370 valence electrons. The molecule has 10 aromatic carbocycles. The molecule has 12 aromatic rings. The van der Waals surface area contributed by atoms with E-state index in [1.54, 1.807) is 84.9 Å². The Morgan fingerprint density at radius 3 is 0.805 bits per heavy atom. The molecule has 0 spiro atoms. The molecule has 82 heavy (non-hydrogen) atoms. The normalized spacial score (nSPS) is 10.6. The van der Waals surface area contributed by atoms with Gasteiger partial charge in [-0.3, -0.25) is 0 Å². The van der Waals surface area contributed by atoms with E-state index in [1.165, 1.54) is 0 Å². The highest BCUT2D eigenvalue weighted by atomic mass is 15.0. The molecule has 12 nitrogen and oxygen atoms in total. The van der Waals surface area contributed by atoms with Crippen LogP contribution in [0, 0.1) is 113 Å². The number of aromatic nitrogens is 2. The molecule has 0 aliphatic carbocycles. The predicted octanol–water partition coefficient (Wildman–Crippen LogP) is 14.9. The molecular formula is C70H30N12. The summed E-state index contributed by atoms with van der Waals surface area (Å²) in [6.45, 7) is 0. The maximum absolute atomic E-state index is 11.9. The summed E-state index contributed by atoms with van der Waals surface area (Å²) in [5.41, 5.74) is 13.0. The van der Waals surface area contributed by atoms with Crippen molar-refractivity contribution in [3.8, 4) is 128 Å². The first kappa shape index (κ1) is 49.6. The van der Waals surface area contributed by atoms with Crippen molar-refractivity contribution in [2.24, 2.45) is 0 Å². The SMILES string of the molecule is N#Cc1ccc(-c2ccc3c(c2)c2cc(-c4ccc(C#N)cc4C#N)ccc2n3-c2cc(-c3ccccc3C#N)cc(-n3c4ccc(-c5ccc(C#N)cc5C#N)cc4c4cc(-c5ccc(C#N)cc5C#N)ccc43)c2C#N)c(C#N)c1. The summed E-state index contributed by atoms with van der Waals surface area (Å²) in [7, 11) is 0. The third-order valence-electron chi connectivity index (χ3n) is 14.9. The van der Waals surface area contributed by atoms with Crippen LogP contribution in [0.3, 0.4) is 0 Å². The van der Waals surface area contributed by atoms with Gasteiger partial charge >= 0.3 is 0 Å². The number of fused-ring (bicyclic) bond motifs is 6. The minimum atomic E-state index is 0.243. The lowest BCUT2D eigenvalue weighted by Gasteiger charge is -2.19. The van der Waals surface area contributed by atoms with Crippen LogP contribution in [0.4, 0.5) is 0 Å². The molecule has 0 fully saturated rings. The van der Waals surface area contributed by atoms with Gasteiger partial charge in [0.1, 0.15) is 11.6 Å². The Kier molecular flexibility index (Phi) is 12.1. The van der Waals surface area contributed by atoms with Gasteiger partial charge in [0, 0.05) is 21.5 Å². The Morgan fingerprint density at radius 1 is 0.232 bits per heavy atom. The molecule has 0 aliphatic rings. The second-order valence-corrected chi connectivity index (χ2v) is 19.2. The van der Waals surface area contributed by atoms with Gasteiger partial charge in [0.25, 0.3) is 0 Å². The largest absolute Gasteiger partial charge is 0.308 e. The van der Waals surface area contributed by atoms with Gasteiger partial charge < -0.3 is 9.13 Å². The lowest BCUT2D eigenvalue weighted by molar-refractivity contribution is 1.12. The summed E-state index contributed by atoms with van der Waals surface area (Å²) >= 11 is 0. The van der Waals surface area contributed by atoms with Gasteiger partial charge in [-0.2, -0.15) is 52.6 Å². The average Bonchev–Trinajstić information content (AvgIpc) is 4.27. The van der Waals surface area contributed by atoms with Gasteiger partial charge in [0.2, 0.25) is 0 Å². The van der Waals surface area contributed by atoms with Gasteiger partial charge in [0.15, 0.2) is 0 Å². The third-order valence-corrected chi connectivity index (χ3v) is 14.9. The molecule has 0 N–H and O–H groups in total. The summed E-state index contributed by atoms with van der Waals surface area (Å²) in [6.07, 6.45) is 0. The van der Waals surface area contributed by atoms with Crippen molar-refractivity contribution in [1.82, 2.24) is 9.13 Å². The lowest BCUT2D eigenvalue weighted by Crippen LogP contribution is -2.05. The molecule has 0 radical (unpaired) electrons. The molecular weight excluding hydrogens is 1010 g/mol. The molecule has 0 aliphatic heterocycles. The second kappa shape index (κ2) is 20.0. The fraction of sp³-hybridized carbons (Fsp3) is 0. The van der Waals surface area contributed by atoms with Gasteiger partial charge in [-0.1, -0.05) is 66.7 Å². The monoisotopic (exact) mass is 1040 g/mol. The van der Waals surface area contributed by atoms with Crippen LogP contribution in [-0.2, 0) is 0 Å². The van der Waals surface area contributed by atoms with Crippen LogP contribution in [0.2, 0.25) is 0 Å². The Bertz CT molecular complexity index is 4750. The van der Waals surface area contributed by atoms with E-state index in [-0.39, 0.29) is 5.56 Å². The highest BCUT2D eigenvalue weighted by molar-refractivity contribution is 6.14. The molecule has 0 saturated carbocycles. The zero-order valence-electron chi connectivity index (χ0n) is 42.7. The van der Waals surface area contributed by atoms with Crippen LogP contribution in [-0.4, -0.2) is 9.13 Å². The van der Waals surface area contributed by atoms with E-state index < -0.39 is 0 Å². The molecule has 0 unspecified atom stereocenters. The smallest absolute Gasteiger partial charge is 0.104 e. The van der Waals surface area contributed by atoms with Crippen molar-refractivity contribution in [1.29, 1.82) is 52.6 Å². The minimum Gasteiger partial charge on any atom is -0.308 e. The number of hydrogen-bond donors (Lipinski definition) is 0. The van der Waals surface area contributed by atoms with E-state index in [1.807, 2.05) is 106 Å². The highest BCUT2D eigenvalue weighted by Crippen LogP contribution is 2.44. The van der Waals surface area contributed by atoms with E-state index in [2.05, 4.69) is 60.7 Å². The summed E-state index contributed by atoms with van der Waals surface area (Å²) in [5, 5.41) is 106. The maximum atomic E-state index is 11.9. The first-order chi connectivity index (χ1) is 40.2. The Hall–Kier alpha value is -13.3. The second-order valence-electron chi connectivity index (χ2n) is 19.2. The topological polar surface area (TPSA) is 248 Å². The number of nitriles is 10. The standard InChI is InChI=1S/C70H30N12/c71-31-41-5-13-56(51(21-41)36-76)45-9-17-65-60(25-45)61-26-46(57-14-6-42(32-72)22-52(57)37-77)10-18-66(61)81(65)69-29-50(55-4-2-1-3-49(55)35-75)30-70(64(69)40-80)82-67-19-11-47(58-15-7-43(33-73)23-53(58)38-78)27-62(67)63-28-48(12-20-68(63)82)59-16-8-44(34-74)24-54(59)39-79/h1-30H. The summed E-state index contributed by atoms with van der Waals surface area (Å²) < 4.78 is 4.00.